The van der Waals surface area contributed by atoms with Gasteiger partial charge in [0.2, 0.25) is 5.95 Å². The first-order valence-electron chi connectivity index (χ1n) is 6.78. The number of alkyl halides is 2. The van der Waals surface area contributed by atoms with Crippen LogP contribution in [-0.4, -0.2) is 36.0 Å². The Hall–Kier alpha value is -1.54. The van der Waals surface area contributed by atoms with Crippen molar-refractivity contribution in [1.29, 1.82) is 0 Å². The number of fused-ring (bicyclic) bond motifs is 3. The maximum Gasteiger partial charge on any atom is 0.252 e. The number of anilines is 2. The Bertz CT molecular complexity index is 685. The van der Waals surface area contributed by atoms with E-state index in [9.17, 15) is 8.78 Å². The second kappa shape index (κ2) is 5.03. The molecule has 114 valence electrons. The SMILES string of the molecule is CN(CCN)c1nc(N)nc2c3c(sc12)CCC(F)(F)C3. The summed E-state index contributed by atoms with van der Waals surface area (Å²) in [4.78, 5) is 11.3. The number of hydrogen-bond donors (Lipinski definition) is 2. The molecular weight excluding hydrogens is 296 g/mol. The summed E-state index contributed by atoms with van der Waals surface area (Å²) in [6.07, 6.45) is 0.00580. The standard InChI is InChI=1S/C13H17F2N5S/c1-20(5-4-16)11-10-9(18-12(17)19-11)7-6-13(14,15)3-2-8(7)21-10/h2-6,16H2,1H3,(H2,17,18,19). The van der Waals surface area contributed by atoms with Crippen LogP contribution in [0.2, 0.25) is 0 Å². The molecule has 2 heterocycles. The predicted molar refractivity (Wildman–Crippen MR) is 81.1 cm³/mol. The van der Waals surface area contributed by atoms with E-state index in [4.69, 9.17) is 11.5 Å². The van der Waals surface area contributed by atoms with E-state index in [0.29, 0.717) is 36.4 Å². The van der Waals surface area contributed by atoms with Gasteiger partial charge in [0, 0.05) is 37.9 Å². The Balaban J connectivity index is 2.17. The smallest absolute Gasteiger partial charge is 0.252 e. The number of likely N-dealkylation sites (N-methyl/N-ethyl adjacent to an activating group) is 1. The van der Waals surface area contributed by atoms with Crippen LogP contribution in [0, 0.1) is 0 Å². The Labute approximate surface area is 125 Å². The molecule has 0 aliphatic heterocycles. The quantitative estimate of drug-likeness (QED) is 0.903. The van der Waals surface area contributed by atoms with Crippen molar-refractivity contribution < 1.29 is 8.78 Å². The third-order valence-corrected chi connectivity index (χ3v) is 4.97. The molecule has 21 heavy (non-hydrogen) atoms. The third kappa shape index (κ3) is 2.53. The van der Waals surface area contributed by atoms with Gasteiger partial charge in [-0.1, -0.05) is 0 Å². The first-order valence-corrected chi connectivity index (χ1v) is 7.60. The summed E-state index contributed by atoms with van der Waals surface area (Å²) in [5.41, 5.74) is 12.5. The Kier molecular flexibility index (Phi) is 3.45. The van der Waals surface area contributed by atoms with Crippen molar-refractivity contribution >= 4 is 33.3 Å². The van der Waals surface area contributed by atoms with Gasteiger partial charge >= 0.3 is 0 Å². The number of nitrogen functional groups attached to an aromatic ring is 1. The van der Waals surface area contributed by atoms with E-state index >= 15 is 0 Å². The molecule has 0 amide bonds. The summed E-state index contributed by atoms with van der Waals surface area (Å²) in [5, 5.41) is 0. The molecule has 1 aliphatic rings. The molecule has 2 aromatic heterocycles. The van der Waals surface area contributed by atoms with Gasteiger partial charge in [0.05, 0.1) is 10.2 Å². The largest absolute Gasteiger partial charge is 0.368 e. The van der Waals surface area contributed by atoms with Crippen molar-refractivity contribution in [2.45, 2.75) is 25.2 Å². The fourth-order valence-corrected chi connectivity index (χ4v) is 3.96. The number of halogens is 2. The van der Waals surface area contributed by atoms with Gasteiger partial charge < -0.3 is 16.4 Å². The summed E-state index contributed by atoms with van der Waals surface area (Å²) >= 11 is 1.49. The molecule has 0 fully saturated rings. The van der Waals surface area contributed by atoms with E-state index in [1.54, 1.807) is 0 Å². The molecule has 0 spiro atoms. The third-order valence-electron chi connectivity index (χ3n) is 3.69. The molecule has 0 atom stereocenters. The molecule has 0 saturated heterocycles. The van der Waals surface area contributed by atoms with E-state index in [0.717, 1.165) is 9.58 Å². The van der Waals surface area contributed by atoms with Crippen molar-refractivity contribution in [1.82, 2.24) is 9.97 Å². The molecule has 0 unspecified atom stereocenters. The zero-order valence-corrected chi connectivity index (χ0v) is 12.5. The van der Waals surface area contributed by atoms with Crippen molar-refractivity contribution in [3.63, 3.8) is 0 Å². The molecule has 0 saturated carbocycles. The molecule has 8 heteroatoms. The number of nitrogens with zero attached hydrogens (tertiary/aromatic N) is 3. The van der Waals surface area contributed by atoms with Crippen LogP contribution in [0.15, 0.2) is 0 Å². The number of aryl methyl sites for hydroxylation is 1. The molecule has 1 aliphatic carbocycles. The van der Waals surface area contributed by atoms with Gasteiger partial charge in [0.25, 0.3) is 5.92 Å². The number of aromatic nitrogens is 2. The minimum absolute atomic E-state index is 0.107. The number of thiophene rings is 1. The van der Waals surface area contributed by atoms with Crippen molar-refractivity contribution in [2.75, 3.05) is 30.8 Å². The summed E-state index contributed by atoms with van der Waals surface area (Å²) in [6, 6.07) is 0. The van der Waals surface area contributed by atoms with Gasteiger partial charge in [-0.05, 0) is 12.0 Å². The minimum atomic E-state index is -2.66. The van der Waals surface area contributed by atoms with Gasteiger partial charge in [-0.3, -0.25) is 0 Å². The average molecular weight is 313 g/mol. The van der Waals surface area contributed by atoms with Crippen LogP contribution < -0.4 is 16.4 Å². The first kappa shape index (κ1) is 14.4. The Morgan fingerprint density at radius 2 is 2.14 bits per heavy atom. The molecule has 5 nitrogen and oxygen atoms in total. The number of hydrogen-bond acceptors (Lipinski definition) is 6. The van der Waals surface area contributed by atoms with E-state index in [1.807, 2.05) is 11.9 Å². The summed E-state index contributed by atoms with van der Waals surface area (Å²) in [6.45, 7) is 1.09. The van der Waals surface area contributed by atoms with Crippen LogP contribution in [0.3, 0.4) is 0 Å². The van der Waals surface area contributed by atoms with Crippen molar-refractivity contribution in [3.05, 3.63) is 10.4 Å². The van der Waals surface area contributed by atoms with E-state index < -0.39 is 5.92 Å². The fraction of sp³-hybridized carbons (Fsp3) is 0.538. The van der Waals surface area contributed by atoms with E-state index in [2.05, 4.69) is 9.97 Å². The normalized spacial score (nSPS) is 17.0. The summed E-state index contributed by atoms with van der Waals surface area (Å²) in [7, 11) is 1.86. The second-order valence-corrected chi connectivity index (χ2v) is 6.44. The Morgan fingerprint density at radius 1 is 1.38 bits per heavy atom. The van der Waals surface area contributed by atoms with Gasteiger partial charge in [-0.2, -0.15) is 4.98 Å². The lowest BCUT2D eigenvalue weighted by Crippen LogP contribution is -2.26. The molecule has 2 aromatic rings. The van der Waals surface area contributed by atoms with Gasteiger partial charge in [0.15, 0.2) is 5.82 Å². The van der Waals surface area contributed by atoms with Crippen LogP contribution in [-0.2, 0) is 12.8 Å². The second-order valence-electron chi connectivity index (χ2n) is 5.33. The highest BCUT2D eigenvalue weighted by Gasteiger charge is 2.37. The zero-order valence-electron chi connectivity index (χ0n) is 11.7. The molecule has 0 bridgehead atoms. The van der Waals surface area contributed by atoms with Crippen LogP contribution in [0.5, 0.6) is 0 Å². The highest BCUT2D eigenvalue weighted by atomic mass is 32.1. The molecule has 0 aromatic carbocycles. The van der Waals surface area contributed by atoms with Crippen LogP contribution >= 0.6 is 11.3 Å². The lowest BCUT2D eigenvalue weighted by atomic mass is 9.95. The minimum Gasteiger partial charge on any atom is -0.368 e. The van der Waals surface area contributed by atoms with Crippen molar-refractivity contribution in [3.8, 4) is 0 Å². The van der Waals surface area contributed by atoms with E-state index in [-0.39, 0.29) is 18.8 Å². The lowest BCUT2D eigenvalue weighted by Gasteiger charge is -2.21. The highest BCUT2D eigenvalue weighted by Crippen LogP contribution is 2.43. The molecule has 3 rings (SSSR count). The van der Waals surface area contributed by atoms with Crippen LogP contribution in [0.1, 0.15) is 16.9 Å². The maximum absolute atomic E-state index is 13.7. The maximum atomic E-state index is 13.7. The van der Waals surface area contributed by atoms with Crippen molar-refractivity contribution in [2.24, 2.45) is 5.73 Å². The number of rotatable bonds is 3. The predicted octanol–water partition coefficient (Wildman–Crippen LogP) is 1.79. The van der Waals surface area contributed by atoms with Crippen LogP contribution in [0.25, 0.3) is 10.2 Å². The van der Waals surface area contributed by atoms with Gasteiger partial charge in [-0.25, -0.2) is 13.8 Å². The highest BCUT2D eigenvalue weighted by molar-refractivity contribution is 7.19. The van der Waals surface area contributed by atoms with Gasteiger partial charge in [0.1, 0.15) is 0 Å². The summed E-state index contributed by atoms with van der Waals surface area (Å²) in [5.74, 6) is -1.88. The Morgan fingerprint density at radius 3 is 2.86 bits per heavy atom. The summed E-state index contributed by atoms with van der Waals surface area (Å²) < 4.78 is 28.2. The fourth-order valence-electron chi connectivity index (χ4n) is 2.66. The number of nitrogens with two attached hydrogens (primary N) is 2. The topological polar surface area (TPSA) is 81.1 Å². The molecule has 0 radical (unpaired) electrons. The van der Waals surface area contributed by atoms with Gasteiger partial charge in [-0.15, -0.1) is 11.3 Å². The van der Waals surface area contributed by atoms with Crippen LogP contribution in [0.4, 0.5) is 20.5 Å². The lowest BCUT2D eigenvalue weighted by molar-refractivity contribution is -0.0113. The zero-order chi connectivity index (χ0) is 15.2. The average Bonchev–Trinajstić information content (AvgIpc) is 2.75. The molecular formula is C13H17F2N5S. The molecule has 4 N–H and O–H groups in total. The first-order chi connectivity index (χ1) is 9.91. The van der Waals surface area contributed by atoms with E-state index in [1.165, 1.54) is 11.3 Å². The monoisotopic (exact) mass is 313 g/mol.